The molecule has 1 unspecified atom stereocenters. The molecule has 0 N–H and O–H groups in total. The lowest BCUT2D eigenvalue weighted by molar-refractivity contribution is 0.167. The zero-order chi connectivity index (χ0) is 9.47. The van der Waals surface area contributed by atoms with Gasteiger partial charge in [0.1, 0.15) is 0 Å². The minimum absolute atomic E-state index is 0.245. The molecular formula is C11H16O2. The summed E-state index contributed by atoms with van der Waals surface area (Å²) in [5.41, 5.74) is 2.79. The first-order valence-corrected chi connectivity index (χ1v) is 4.72. The smallest absolute Gasteiger partial charge is 0.0941 e. The molecule has 0 aliphatic carbocycles. The van der Waals surface area contributed by atoms with E-state index in [1.807, 2.05) is 12.5 Å². The van der Waals surface area contributed by atoms with Crippen molar-refractivity contribution in [3.63, 3.8) is 0 Å². The third-order valence-corrected chi connectivity index (χ3v) is 2.97. The van der Waals surface area contributed by atoms with Crippen LogP contribution in [0.5, 0.6) is 0 Å². The zero-order valence-corrected chi connectivity index (χ0v) is 8.46. The third kappa shape index (κ3) is 1.39. The van der Waals surface area contributed by atoms with Gasteiger partial charge >= 0.3 is 0 Å². The van der Waals surface area contributed by atoms with Crippen molar-refractivity contribution in [2.75, 3.05) is 13.2 Å². The maximum Gasteiger partial charge on any atom is 0.0941 e. The topological polar surface area (TPSA) is 22.4 Å². The number of furan rings is 1. The fourth-order valence-electron chi connectivity index (χ4n) is 2.00. The summed E-state index contributed by atoms with van der Waals surface area (Å²) in [5.74, 6) is 0.492. The summed E-state index contributed by atoms with van der Waals surface area (Å²) in [5, 5.41) is 0. The van der Waals surface area contributed by atoms with Crippen molar-refractivity contribution in [3.05, 3.63) is 23.7 Å². The minimum Gasteiger partial charge on any atom is -0.472 e. The van der Waals surface area contributed by atoms with Gasteiger partial charge < -0.3 is 9.15 Å². The molecule has 1 saturated heterocycles. The molecule has 2 heteroatoms. The van der Waals surface area contributed by atoms with Gasteiger partial charge in [0.05, 0.1) is 25.7 Å². The maximum absolute atomic E-state index is 5.51. The number of rotatable bonds is 1. The quantitative estimate of drug-likeness (QED) is 0.663. The summed E-state index contributed by atoms with van der Waals surface area (Å²) >= 11 is 0. The Labute approximate surface area is 78.9 Å². The normalized spacial score (nSPS) is 26.5. The largest absolute Gasteiger partial charge is 0.472 e. The highest BCUT2D eigenvalue weighted by molar-refractivity contribution is 5.26. The SMILES string of the molecule is Cc1cocc1C1COCC1(C)C. The van der Waals surface area contributed by atoms with Crippen molar-refractivity contribution < 1.29 is 9.15 Å². The van der Waals surface area contributed by atoms with Crippen LogP contribution in [-0.4, -0.2) is 13.2 Å². The monoisotopic (exact) mass is 180 g/mol. The molecule has 0 bridgehead atoms. The van der Waals surface area contributed by atoms with Crippen molar-refractivity contribution in [3.8, 4) is 0 Å². The Morgan fingerprint density at radius 2 is 2.15 bits per heavy atom. The van der Waals surface area contributed by atoms with E-state index in [1.54, 1.807) is 0 Å². The van der Waals surface area contributed by atoms with Crippen LogP contribution in [0.25, 0.3) is 0 Å². The molecule has 2 rings (SSSR count). The maximum atomic E-state index is 5.51. The second-order valence-electron chi connectivity index (χ2n) is 4.57. The van der Waals surface area contributed by atoms with Crippen LogP contribution in [0.1, 0.15) is 30.9 Å². The van der Waals surface area contributed by atoms with E-state index in [2.05, 4.69) is 20.8 Å². The predicted octanol–water partition coefficient (Wildman–Crippen LogP) is 2.73. The summed E-state index contributed by atoms with van der Waals surface area (Å²) in [6.45, 7) is 8.26. The van der Waals surface area contributed by atoms with Gasteiger partial charge in [0.15, 0.2) is 0 Å². The van der Waals surface area contributed by atoms with Gasteiger partial charge in [0, 0.05) is 5.92 Å². The van der Waals surface area contributed by atoms with Crippen LogP contribution >= 0.6 is 0 Å². The minimum atomic E-state index is 0.245. The average Bonchev–Trinajstić information content (AvgIpc) is 2.56. The second-order valence-corrected chi connectivity index (χ2v) is 4.57. The van der Waals surface area contributed by atoms with Gasteiger partial charge in [-0.2, -0.15) is 0 Å². The standard InChI is InChI=1S/C11H16O2/c1-8-4-12-5-9(8)10-6-13-7-11(10,2)3/h4-5,10H,6-7H2,1-3H3. The molecule has 72 valence electrons. The van der Waals surface area contributed by atoms with Crippen molar-refractivity contribution in [1.29, 1.82) is 0 Å². The van der Waals surface area contributed by atoms with Gasteiger partial charge in [-0.15, -0.1) is 0 Å². The summed E-state index contributed by atoms with van der Waals surface area (Å²) in [7, 11) is 0. The van der Waals surface area contributed by atoms with Crippen molar-refractivity contribution in [2.24, 2.45) is 5.41 Å². The summed E-state index contributed by atoms with van der Waals surface area (Å²) in [4.78, 5) is 0. The van der Waals surface area contributed by atoms with Crippen LogP contribution in [0.3, 0.4) is 0 Å². The molecule has 1 aromatic rings. The first-order chi connectivity index (χ1) is 6.11. The Morgan fingerprint density at radius 1 is 1.38 bits per heavy atom. The first kappa shape index (κ1) is 8.82. The molecule has 1 aromatic heterocycles. The van der Waals surface area contributed by atoms with Gasteiger partial charge in [-0.3, -0.25) is 0 Å². The summed E-state index contributed by atoms with van der Waals surface area (Å²) in [6.07, 6.45) is 3.67. The van der Waals surface area contributed by atoms with E-state index >= 15 is 0 Å². The van der Waals surface area contributed by atoms with Crippen LogP contribution in [0.4, 0.5) is 0 Å². The average molecular weight is 180 g/mol. The molecule has 1 atom stereocenters. The molecule has 2 nitrogen and oxygen atoms in total. The second kappa shape index (κ2) is 2.88. The van der Waals surface area contributed by atoms with E-state index in [9.17, 15) is 0 Å². The first-order valence-electron chi connectivity index (χ1n) is 4.72. The van der Waals surface area contributed by atoms with E-state index in [1.165, 1.54) is 11.1 Å². The summed E-state index contributed by atoms with van der Waals surface area (Å²) in [6, 6.07) is 0. The van der Waals surface area contributed by atoms with Gasteiger partial charge in [-0.05, 0) is 23.5 Å². The fraction of sp³-hybridized carbons (Fsp3) is 0.636. The molecule has 0 amide bonds. The van der Waals surface area contributed by atoms with Crippen LogP contribution < -0.4 is 0 Å². The Morgan fingerprint density at radius 3 is 2.62 bits per heavy atom. The number of hydrogen-bond acceptors (Lipinski definition) is 2. The Balaban J connectivity index is 2.31. The van der Waals surface area contributed by atoms with E-state index in [-0.39, 0.29) is 5.41 Å². The molecule has 0 saturated carbocycles. The van der Waals surface area contributed by atoms with Gasteiger partial charge in [-0.25, -0.2) is 0 Å². The van der Waals surface area contributed by atoms with Gasteiger partial charge in [-0.1, -0.05) is 13.8 Å². The highest BCUT2D eigenvalue weighted by atomic mass is 16.5. The Bertz CT molecular complexity index is 299. The molecule has 13 heavy (non-hydrogen) atoms. The van der Waals surface area contributed by atoms with Crippen LogP contribution in [-0.2, 0) is 4.74 Å². The molecule has 2 heterocycles. The molecule has 0 spiro atoms. The molecule has 1 fully saturated rings. The fourth-order valence-corrected chi connectivity index (χ4v) is 2.00. The lowest BCUT2D eigenvalue weighted by Crippen LogP contribution is -2.20. The van der Waals surface area contributed by atoms with Crippen molar-refractivity contribution in [2.45, 2.75) is 26.7 Å². The third-order valence-electron chi connectivity index (χ3n) is 2.97. The zero-order valence-electron chi connectivity index (χ0n) is 8.46. The van der Waals surface area contributed by atoms with Gasteiger partial charge in [0.2, 0.25) is 0 Å². The van der Waals surface area contributed by atoms with E-state index in [0.29, 0.717) is 5.92 Å². The predicted molar refractivity (Wildman–Crippen MR) is 50.8 cm³/mol. The van der Waals surface area contributed by atoms with Crippen molar-refractivity contribution in [1.82, 2.24) is 0 Å². The van der Waals surface area contributed by atoms with Crippen LogP contribution in [0.15, 0.2) is 16.9 Å². The van der Waals surface area contributed by atoms with Crippen LogP contribution in [0.2, 0.25) is 0 Å². The summed E-state index contributed by atoms with van der Waals surface area (Å²) < 4.78 is 10.7. The van der Waals surface area contributed by atoms with Crippen LogP contribution in [0, 0.1) is 12.3 Å². The molecule has 1 aliphatic rings. The number of aryl methyl sites for hydroxylation is 1. The highest BCUT2D eigenvalue weighted by Crippen LogP contribution is 2.42. The lowest BCUT2D eigenvalue weighted by atomic mass is 9.78. The molecule has 0 aromatic carbocycles. The Hall–Kier alpha value is -0.760. The van der Waals surface area contributed by atoms with Crippen molar-refractivity contribution >= 4 is 0 Å². The number of hydrogen-bond donors (Lipinski definition) is 0. The van der Waals surface area contributed by atoms with E-state index in [4.69, 9.17) is 9.15 Å². The lowest BCUT2D eigenvalue weighted by Gasteiger charge is -2.23. The van der Waals surface area contributed by atoms with E-state index < -0.39 is 0 Å². The molecule has 0 radical (unpaired) electrons. The molecular weight excluding hydrogens is 164 g/mol. The van der Waals surface area contributed by atoms with Gasteiger partial charge in [0.25, 0.3) is 0 Å². The Kier molecular flexibility index (Phi) is 1.95. The van der Waals surface area contributed by atoms with E-state index in [0.717, 1.165) is 13.2 Å². The molecule has 1 aliphatic heterocycles. The highest BCUT2D eigenvalue weighted by Gasteiger charge is 2.37. The number of ether oxygens (including phenoxy) is 1.